The van der Waals surface area contributed by atoms with Crippen molar-refractivity contribution in [2.75, 3.05) is 13.1 Å². The number of aromatic nitrogens is 3. The minimum absolute atomic E-state index is 0.0621. The largest absolute Gasteiger partial charge is 0.417 e. The predicted molar refractivity (Wildman–Crippen MR) is 102 cm³/mol. The Bertz CT molecular complexity index is 1090. The zero-order chi connectivity index (χ0) is 22.6. The molecule has 0 aliphatic carbocycles. The average molecular weight is 435 g/mol. The van der Waals surface area contributed by atoms with E-state index in [0.717, 1.165) is 12.1 Å². The molecule has 162 valence electrons. The first-order valence-electron chi connectivity index (χ1n) is 9.07. The first-order valence-corrected chi connectivity index (χ1v) is 9.07. The Morgan fingerprint density at radius 2 is 1.61 bits per heavy atom. The molecule has 0 saturated heterocycles. The Hall–Kier alpha value is -3.76. The zero-order valence-electron chi connectivity index (χ0n) is 16.2. The monoisotopic (exact) mass is 435 g/mol. The fourth-order valence-corrected chi connectivity index (χ4v) is 2.73. The van der Waals surface area contributed by atoms with Gasteiger partial charge in [-0.2, -0.15) is 18.3 Å². The number of carbonyl (C=O) groups excluding carboxylic acids is 2. The zero-order valence-corrected chi connectivity index (χ0v) is 16.2. The van der Waals surface area contributed by atoms with Gasteiger partial charge in [-0.05, 0) is 31.2 Å². The molecule has 7 nitrogen and oxygen atoms in total. The van der Waals surface area contributed by atoms with Gasteiger partial charge in [0.05, 0.1) is 28.6 Å². The van der Waals surface area contributed by atoms with Crippen molar-refractivity contribution < 1.29 is 27.2 Å². The van der Waals surface area contributed by atoms with Gasteiger partial charge in [0.25, 0.3) is 11.8 Å². The highest BCUT2D eigenvalue weighted by Gasteiger charge is 2.30. The highest BCUT2D eigenvalue weighted by molar-refractivity contribution is 5.95. The Labute approximate surface area is 174 Å². The number of nitrogens with one attached hydrogen (secondary N) is 2. The minimum Gasteiger partial charge on any atom is -0.350 e. The predicted octanol–water partition coefficient (Wildman–Crippen LogP) is 2.89. The molecule has 2 heterocycles. The molecule has 11 heteroatoms. The third-order valence-electron chi connectivity index (χ3n) is 4.36. The lowest BCUT2D eigenvalue weighted by Crippen LogP contribution is -2.35. The summed E-state index contributed by atoms with van der Waals surface area (Å²) < 4.78 is 52.8. The summed E-state index contributed by atoms with van der Waals surface area (Å²) >= 11 is 0. The maximum absolute atomic E-state index is 13.6. The number of pyridine rings is 1. The number of alkyl halides is 3. The van der Waals surface area contributed by atoms with Crippen LogP contribution in [0.1, 0.15) is 32.0 Å². The van der Waals surface area contributed by atoms with Gasteiger partial charge >= 0.3 is 6.18 Å². The Kier molecular flexibility index (Phi) is 6.33. The number of rotatable bonds is 6. The number of carbonyl (C=O) groups is 2. The molecule has 0 aliphatic rings. The third kappa shape index (κ3) is 5.05. The summed E-state index contributed by atoms with van der Waals surface area (Å²) in [7, 11) is 0. The highest BCUT2D eigenvalue weighted by atomic mass is 19.4. The van der Waals surface area contributed by atoms with Crippen LogP contribution in [0, 0.1) is 12.7 Å². The maximum atomic E-state index is 13.6. The summed E-state index contributed by atoms with van der Waals surface area (Å²) in [6.45, 7) is 1.70. The normalized spacial score (nSPS) is 11.3. The van der Waals surface area contributed by atoms with Crippen LogP contribution in [0.15, 0.2) is 48.8 Å². The lowest BCUT2D eigenvalue weighted by atomic mass is 10.2. The van der Waals surface area contributed by atoms with Crippen molar-refractivity contribution in [1.29, 1.82) is 0 Å². The molecule has 3 aromatic rings. The summed E-state index contributed by atoms with van der Waals surface area (Å²) in [5.41, 5.74) is -0.422. The van der Waals surface area contributed by atoms with Crippen molar-refractivity contribution >= 4 is 11.8 Å². The molecule has 31 heavy (non-hydrogen) atoms. The number of amides is 2. The molecule has 0 bridgehead atoms. The quantitative estimate of drug-likeness (QED) is 0.460. The second-order valence-electron chi connectivity index (χ2n) is 6.45. The van der Waals surface area contributed by atoms with E-state index >= 15 is 0 Å². The van der Waals surface area contributed by atoms with E-state index in [1.807, 2.05) is 0 Å². The molecule has 0 aliphatic heterocycles. The van der Waals surface area contributed by atoms with E-state index in [-0.39, 0.29) is 30.0 Å². The van der Waals surface area contributed by atoms with E-state index in [9.17, 15) is 27.2 Å². The molecule has 1 aromatic carbocycles. The van der Waals surface area contributed by atoms with E-state index in [0.29, 0.717) is 11.9 Å². The lowest BCUT2D eigenvalue weighted by Gasteiger charge is -2.09. The van der Waals surface area contributed by atoms with Crippen LogP contribution in [-0.4, -0.2) is 39.7 Å². The Morgan fingerprint density at radius 1 is 0.968 bits per heavy atom. The molecular weight excluding hydrogens is 418 g/mol. The number of nitrogens with zero attached hydrogens (tertiary/aromatic N) is 3. The van der Waals surface area contributed by atoms with Crippen LogP contribution in [0.2, 0.25) is 0 Å². The second-order valence-corrected chi connectivity index (χ2v) is 6.45. The van der Waals surface area contributed by atoms with Gasteiger partial charge in [-0.3, -0.25) is 9.59 Å². The van der Waals surface area contributed by atoms with Crippen LogP contribution < -0.4 is 10.6 Å². The number of hydrogen-bond acceptors (Lipinski definition) is 4. The van der Waals surface area contributed by atoms with Crippen molar-refractivity contribution in [1.82, 2.24) is 25.4 Å². The molecule has 2 amide bonds. The van der Waals surface area contributed by atoms with Gasteiger partial charge in [0.15, 0.2) is 5.82 Å². The van der Waals surface area contributed by atoms with Gasteiger partial charge in [0.2, 0.25) is 0 Å². The fraction of sp³-hybridized carbons (Fsp3) is 0.200. The van der Waals surface area contributed by atoms with E-state index in [2.05, 4.69) is 20.7 Å². The molecule has 0 saturated carbocycles. The van der Waals surface area contributed by atoms with Crippen molar-refractivity contribution in [3.63, 3.8) is 0 Å². The molecule has 0 atom stereocenters. The summed E-state index contributed by atoms with van der Waals surface area (Å²) in [6.07, 6.45) is -2.55. The van der Waals surface area contributed by atoms with Crippen LogP contribution in [-0.2, 0) is 6.18 Å². The summed E-state index contributed by atoms with van der Waals surface area (Å²) in [5, 5.41) is 9.08. The van der Waals surface area contributed by atoms with E-state index in [4.69, 9.17) is 0 Å². The topological polar surface area (TPSA) is 88.9 Å². The molecule has 3 rings (SSSR count). The highest BCUT2D eigenvalue weighted by Crippen LogP contribution is 2.28. The molecule has 2 N–H and O–H groups in total. The van der Waals surface area contributed by atoms with Crippen LogP contribution in [0.25, 0.3) is 5.82 Å². The molecule has 0 unspecified atom stereocenters. The van der Waals surface area contributed by atoms with Crippen LogP contribution in [0.3, 0.4) is 0 Å². The van der Waals surface area contributed by atoms with Crippen molar-refractivity contribution in [2.24, 2.45) is 0 Å². The molecule has 0 spiro atoms. The summed E-state index contributed by atoms with van der Waals surface area (Å²) in [5.74, 6) is -1.62. The lowest BCUT2D eigenvalue weighted by molar-refractivity contribution is -0.137. The summed E-state index contributed by atoms with van der Waals surface area (Å²) in [6, 6.07) is 7.55. The number of halogens is 4. The van der Waals surface area contributed by atoms with E-state index in [1.54, 1.807) is 6.92 Å². The van der Waals surface area contributed by atoms with Gasteiger partial charge in [-0.1, -0.05) is 12.1 Å². The molecule has 2 aromatic heterocycles. The number of hydrogen-bond donors (Lipinski definition) is 2. The Balaban J connectivity index is 1.58. The first kappa shape index (κ1) is 21.9. The van der Waals surface area contributed by atoms with Crippen LogP contribution in [0.4, 0.5) is 17.6 Å². The number of benzene rings is 1. The second kappa shape index (κ2) is 8.94. The molecule has 0 fully saturated rings. The summed E-state index contributed by atoms with van der Waals surface area (Å²) in [4.78, 5) is 28.0. The van der Waals surface area contributed by atoms with Gasteiger partial charge in [-0.15, -0.1) is 0 Å². The smallest absolute Gasteiger partial charge is 0.350 e. The van der Waals surface area contributed by atoms with Gasteiger partial charge in [-0.25, -0.2) is 14.1 Å². The standard InChI is InChI=1S/C20H17F4N5O2/c1-12-15(11-28-29(12)17-7-6-13(10-27-17)20(22,23)24)19(31)26-9-8-25-18(30)14-4-2-3-5-16(14)21/h2-7,10-11H,8-9H2,1H3,(H,25,30)(H,26,31). The van der Waals surface area contributed by atoms with Gasteiger partial charge in [0.1, 0.15) is 5.82 Å². The van der Waals surface area contributed by atoms with Crippen molar-refractivity contribution in [2.45, 2.75) is 13.1 Å². The third-order valence-corrected chi connectivity index (χ3v) is 4.36. The maximum Gasteiger partial charge on any atom is 0.417 e. The fourth-order valence-electron chi connectivity index (χ4n) is 2.73. The van der Waals surface area contributed by atoms with Crippen molar-refractivity contribution in [3.05, 3.63) is 77.0 Å². The van der Waals surface area contributed by atoms with Crippen LogP contribution in [0.5, 0.6) is 0 Å². The van der Waals surface area contributed by atoms with E-state index < -0.39 is 29.4 Å². The SMILES string of the molecule is Cc1c(C(=O)NCCNC(=O)c2ccccc2F)cnn1-c1ccc(C(F)(F)F)cn1. The van der Waals surface area contributed by atoms with Gasteiger partial charge < -0.3 is 10.6 Å². The first-order chi connectivity index (χ1) is 14.7. The van der Waals surface area contributed by atoms with E-state index in [1.165, 1.54) is 35.1 Å². The molecular formula is C20H17F4N5O2. The van der Waals surface area contributed by atoms with Crippen LogP contribution >= 0.6 is 0 Å². The average Bonchev–Trinajstić information content (AvgIpc) is 3.12. The van der Waals surface area contributed by atoms with Crippen molar-refractivity contribution in [3.8, 4) is 5.82 Å². The Morgan fingerprint density at radius 3 is 2.19 bits per heavy atom. The molecule has 0 radical (unpaired) electrons. The minimum atomic E-state index is -4.50. The van der Waals surface area contributed by atoms with Gasteiger partial charge in [0, 0.05) is 19.3 Å².